The van der Waals surface area contributed by atoms with E-state index in [1.54, 1.807) is 0 Å². The first kappa shape index (κ1) is 26.2. The molecule has 0 bridgehead atoms. The van der Waals surface area contributed by atoms with E-state index in [0.717, 1.165) is 0 Å². The van der Waals surface area contributed by atoms with Gasteiger partial charge in [-0.2, -0.15) is 0 Å². The Balaban J connectivity index is 5.29. The molecule has 0 aromatic carbocycles. The van der Waals surface area contributed by atoms with E-state index >= 15 is 0 Å². The smallest absolute Gasteiger partial charge is 0.326 e. The molecule has 0 aliphatic carbocycles. The van der Waals surface area contributed by atoms with Crippen molar-refractivity contribution in [3.63, 3.8) is 0 Å². The van der Waals surface area contributed by atoms with Crippen LogP contribution in [-0.2, 0) is 24.0 Å². The summed E-state index contributed by atoms with van der Waals surface area (Å²) >= 11 is 0. The van der Waals surface area contributed by atoms with Crippen molar-refractivity contribution < 1.29 is 39.3 Å². The molecule has 0 fully saturated rings. The van der Waals surface area contributed by atoms with Crippen LogP contribution < -0.4 is 27.4 Å². The molecule has 0 saturated carbocycles. The van der Waals surface area contributed by atoms with Crippen LogP contribution in [0.15, 0.2) is 0 Å². The van der Waals surface area contributed by atoms with Crippen LogP contribution in [0, 0.1) is 0 Å². The zero-order valence-corrected chi connectivity index (χ0v) is 16.4. The topological polar surface area (TPSA) is 234 Å². The molecular weight excluding hydrogens is 390 g/mol. The number of carboxylic acids is 1. The van der Waals surface area contributed by atoms with Crippen molar-refractivity contribution in [2.75, 3.05) is 0 Å². The second-order valence-corrected chi connectivity index (χ2v) is 6.65. The van der Waals surface area contributed by atoms with E-state index in [4.69, 9.17) is 16.6 Å². The van der Waals surface area contributed by atoms with Gasteiger partial charge in [0, 0.05) is 6.42 Å². The maximum Gasteiger partial charge on any atom is 0.326 e. The van der Waals surface area contributed by atoms with E-state index in [1.165, 1.54) is 20.8 Å². The lowest BCUT2D eigenvalue weighted by Gasteiger charge is -2.27. The number of carbonyl (C=O) groups excluding carboxylic acids is 4. The number of aliphatic carboxylic acids is 1. The van der Waals surface area contributed by atoms with Crippen LogP contribution in [0.3, 0.4) is 0 Å². The SMILES string of the molecule is CC(N)C(=O)NC(C(=O)NC(C(=O)NC(CCC(N)=O)C(=O)O)C(C)O)C(C)O. The lowest BCUT2D eigenvalue weighted by atomic mass is 10.1. The predicted octanol–water partition coefficient (Wildman–Crippen LogP) is -4.10. The van der Waals surface area contributed by atoms with Gasteiger partial charge in [0.25, 0.3) is 0 Å². The molecule has 0 radical (unpaired) electrons. The fourth-order valence-electron chi connectivity index (χ4n) is 2.14. The van der Waals surface area contributed by atoms with Crippen LogP contribution in [0.2, 0.25) is 0 Å². The van der Waals surface area contributed by atoms with E-state index in [2.05, 4.69) is 16.0 Å². The molecule has 166 valence electrons. The van der Waals surface area contributed by atoms with Gasteiger partial charge in [0.1, 0.15) is 18.1 Å². The first-order chi connectivity index (χ1) is 13.3. The van der Waals surface area contributed by atoms with Gasteiger partial charge in [-0.25, -0.2) is 4.79 Å². The third-order valence-corrected chi connectivity index (χ3v) is 3.83. The number of aliphatic hydroxyl groups is 2. The summed E-state index contributed by atoms with van der Waals surface area (Å²) in [4.78, 5) is 58.5. The van der Waals surface area contributed by atoms with Gasteiger partial charge >= 0.3 is 5.97 Å². The highest BCUT2D eigenvalue weighted by Gasteiger charge is 2.34. The van der Waals surface area contributed by atoms with Crippen LogP contribution in [0.4, 0.5) is 0 Å². The predicted molar refractivity (Wildman–Crippen MR) is 98.9 cm³/mol. The van der Waals surface area contributed by atoms with E-state index < -0.39 is 66.0 Å². The zero-order chi connectivity index (χ0) is 22.9. The minimum absolute atomic E-state index is 0.294. The average molecular weight is 419 g/mol. The van der Waals surface area contributed by atoms with Crippen molar-refractivity contribution in [2.24, 2.45) is 11.5 Å². The molecule has 0 aromatic heterocycles. The number of primary amides is 1. The fraction of sp³-hybridized carbons (Fsp3) is 0.688. The Hall–Kier alpha value is -2.77. The molecule has 6 atom stereocenters. The lowest BCUT2D eigenvalue weighted by molar-refractivity contribution is -0.143. The van der Waals surface area contributed by atoms with Gasteiger partial charge in [-0.1, -0.05) is 0 Å². The Bertz CT molecular complexity index is 622. The van der Waals surface area contributed by atoms with Gasteiger partial charge in [0.15, 0.2) is 0 Å². The number of rotatable bonds is 12. The van der Waals surface area contributed by atoms with E-state index in [-0.39, 0.29) is 12.8 Å². The van der Waals surface area contributed by atoms with Gasteiger partial charge in [0.05, 0.1) is 18.2 Å². The first-order valence-electron chi connectivity index (χ1n) is 8.81. The molecule has 0 rings (SSSR count). The van der Waals surface area contributed by atoms with Crippen molar-refractivity contribution in [1.29, 1.82) is 0 Å². The molecule has 29 heavy (non-hydrogen) atoms. The summed E-state index contributed by atoms with van der Waals surface area (Å²) in [6.07, 6.45) is -3.42. The monoisotopic (exact) mass is 419 g/mol. The molecule has 13 nitrogen and oxygen atoms in total. The van der Waals surface area contributed by atoms with E-state index in [1.807, 2.05) is 0 Å². The number of carboxylic acid groups (broad SMARTS) is 1. The third-order valence-electron chi connectivity index (χ3n) is 3.83. The van der Waals surface area contributed by atoms with Crippen molar-refractivity contribution in [1.82, 2.24) is 16.0 Å². The van der Waals surface area contributed by atoms with E-state index in [9.17, 15) is 34.2 Å². The maximum atomic E-state index is 12.4. The Morgan fingerprint density at radius 1 is 0.828 bits per heavy atom. The maximum absolute atomic E-state index is 12.4. The summed E-state index contributed by atoms with van der Waals surface area (Å²) in [5.41, 5.74) is 10.4. The van der Waals surface area contributed by atoms with Gasteiger partial charge in [-0.3, -0.25) is 19.2 Å². The molecule has 0 saturated heterocycles. The normalized spacial score (nSPS) is 17.0. The van der Waals surface area contributed by atoms with Crippen LogP contribution >= 0.6 is 0 Å². The van der Waals surface area contributed by atoms with Crippen molar-refractivity contribution in [2.45, 2.75) is 70.0 Å². The molecule has 0 aliphatic heterocycles. The highest BCUT2D eigenvalue weighted by molar-refractivity contribution is 5.94. The number of hydrogen-bond donors (Lipinski definition) is 8. The van der Waals surface area contributed by atoms with Crippen molar-refractivity contribution in [3.8, 4) is 0 Å². The molecular formula is C16H29N5O8. The number of amides is 4. The van der Waals surface area contributed by atoms with Gasteiger partial charge in [-0.05, 0) is 27.2 Å². The highest BCUT2D eigenvalue weighted by Crippen LogP contribution is 2.03. The van der Waals surface area contributed by atoms with Crippen LogP contribution in [-0.4, -0.2) is 81.3 Å². The number of aliphatic hydroxyl groups excluding tert-OH is 2. The fourth-order valence-corrected chi connectivity index (χ4v) is 2.14. The molecule has 0 spiro atoms. The first-order valence-corrected chi connectivity index (χ1v) is 8.81. The summed E-state index contributed by atoms with van der Waals surface area (Å²) in [6.45, 7) is 3.74. The molecule has 0 heterocycles. The lowest BCUT2D eigenvalue weighted by Crippen LogP contribution is -2.61. The Morgan fingerprint density at radius 3 is 1.59 bits per heavy atom. The standard InChI is InChI=1S/C16H29N5O8/c1-6(17)13(25)20-12(8(3)23)15(27)21-11(7(2)22)14(26)19-9(16(28)29)4-5-10(18)24/h6-9,11-12,22-23H,4-5,17H2,1-3H3,(H2,18,24)(H,19,26)(H,20,25)(H,21,27)(H,28,29). The third kappa shape index (κ3) is 9.32. The van der Waals surface area contributed by atoms with Crippen molar-refractivity contribution >= 4 is 29.6 Å². The minimum atomic E-state index is -1.61. The molecule has 6 unspecified atom stereocenters. The Kier molecular flexibility index (Phi) is 10.8. The van der Waals surface area contributed by atoms with Gasteiger partial charge < -0.3 is 42.7 Å². The van der Waals surface area contributed by atoms with E-state index in [0.29, 0.717) is 0 Å². The van der Waals surface area contributed by atoms with Crippen LogP contribution in [0.1, 0.15) is 33.6 Å². The van der Waals surface area contributed by atoms with Crippen LogP contribution in [0.5, 0.6) is 0 Å². The zero-order valence-electron chi connectivity index (χ0n) is 16.4. The molecule has 13 heteroatoms. The molecule has 10 N–H and O–H groups in total. The largest absolute Gasteiger partial charge is 0.480 e. The average Bonchev–Trinajstić information content (AvgIpc) is 2.59. The second kappa shape index (κ2) is 11.9. The molecule has 0 aromatic rings. The number of nitrogens with two attached hydrogens (primary N) is 2. The summed E-state index contributed by atoms with van der Waals surface area (Å²) < 4.78 is 0. The Labute approximate surface area is 167 Å². The summed E-state index contributed by atoms with van der Waals surface area (Å²) in [7, 11) is 0. The van der Waals surface area contributed by atoms with Gasteiger partial charge in [0.2, 0.25) is 23.6 Å². The van der Waals surface area contributed by atoms with Gasteiger partial charge in [-0.15, -0.1) is 0 Å². The number of hydrogen-bond acceptors (Lipinski definition) is 8. The summed E-state index contributed by atoms with van der Waals surface area (Å²) in [5.74, 6) is -4.99. The van der Waals surface area contributed by atoms with Crippen molar-refractivity contribution in [3.05, 3.63) is 0 Å². The van der Waals surface area contributed by atoms with Crippen LogP contribution in [0.25, 0.3) is 0 Å². The molecule has 0 aliphatic rings. The number of nitrogens with one attached hydrogen (secondary N) is 3. The minimum Gasteiger partial charge on any atom is -0.480 e. The Morgan fingerprint density at radius 2 is 1.24 bits per heavy atom. The summed E-state index contributed by atoms with van der Waals surface area (Å²) in [5, 5.41) is 35.2. The molecule has 4 amide bonds. The highest BCUT2D eigenvalue weighted by atomic mass is 16.4. The quantitative estimate of drug-likeness (QED) is 0.153. The summed E-state index contributed by atoms with van der Waals surface area (Å²) in [6, 6.07) is -5.54. The second-order valence-electron chi connectivity index (χ2n) is 6.65. The number of carbonyl (C=O) groups is 5.